The molecule has 1 aromatic heterocycles. The summed E-state index contributed by atoms with van der Waals surface area (Å²) >= 11 is 0. The number of aromatic nitrogens is 1. The van der Waals surface area contributed by atoms with Crippen molar-refractivity contribution in [3.8, 4) is 0 Å². The maximum Gasteiger partial charge on any atom is 0.134 e. The molecule has 0 aromatic carbocycles. The highest BCUT2D eigenvalue weighted by molar-refractivity contribution is 5.52. The van der Waals surface area contributed by atoms with Crippen LogP contribution in [0.3, 0.4) is 0 Å². The molecule has 1 atom stereocenters. The first-order valence-corrected chi connectivity index (χ1v) is 8.01. The topological polar surface area (TPSA) is 37.4 Å². The third-order valence-corrected chi connectivity index (χ3v) is 3.95. The monoisotopic (exact) mass is 291 g/mol. The van der Waals surface area contributed by atoms with Gasteiger partial charge in [0.2, 0.25) is 0 Å². The predicted octanol–water partition coefficient (Wildman–Crippen LogP) is 2.67. The molecule has 1 N–H and O–H groups in total. The summed E-state index contributed by atoms with van der Waals surface area (Å²) < 4.78 is 5.56. The standard InChI is InChI=1S/C17H29N3O/c1-12(2)9-18-10-16-13(3)8-14(4)19-17(16)20-6-7-21-11-15(20)5/h8,12,15,18H,6-7,9-11H2,1-5H3. The second kappa shape index (κ2) is 7.23. The van der Waals surface area contributed by atoms with Crippen LogP contribution in [-0.2, 0) is 11.3 Å². The van der Waals surface area contributed by atoms with Crippen LogP contribution in [0.4, 0.5) is 5.82 Å². The number of anilines is 1. The number of hydrogen-bond acceptors (Lipinski definition) is 4. The molecule has 0 amide bonds. The van der Waals surface area contributed by atoms with Crippen molar-refractivity contribution in [2.45, 2.75) is 47.2 Å². The Bertz CT molecular complexity index is 473. The van der Waals surface area contributed by atoms with Gasteiger partial charge in [-0.2, -0.15) is 0 Å². The number of ether oxygens (including phenoxy) is 1. The highest BCUT2D eigenvalue weighted by Gasteiger charge is 2.23. The quantitative estimate of drug-likeness (QED) is 0.905. The lowest BCUT2D eigenvalue weighted by molar-refractivity contribution is 0.0984. The Kier molecular flexibility index (Phi) is 5.59. The second-order valence-electron chi connectivity index (χ2n) is 6.52. The van der Waals surface area contributed by atoms with Gasteiger partial charge >= 0.3 is 0 Å². The molecular formula is C17H29N3O. The zero-order chi connectivity index (χ0) is 15.4. The van der Waals surface area contributed by atoms with E-state index in [1.54, 1.807) is 0 Å². The highest BCUT2D eigenvalue weighted by atomic mass is 16.5. The number of nitrogens with one attached hydrogen (secondary N) is 1. The van der Waals surface area contributed by atoms with Gasteiger partial charge in [0.15, 0.2) is 0 Å². The molecule has 118 valence electrons. The van der Waals surface area contributed by atoms with Crippen LogP contribution in [0.5, 0.6) is 0 Å². The summed E-state index contributed by atoms with van der Waals surface area (Å²) in [6.07, 6.45) is 0. The zero-order valence-corrected chi connectivity index (χ0v) is 14.1. The van der Waals surface area contributed by atoms with Crippen LogP contribution in [0, 0.1) is 19.8 Å². The summed E-state index contributed by atoms with van der Waals surface area (Å²) in [5, 5.41) is 3.56. The Morgan fingerprint density at radius 2 is 2.19 bits per heavy atom. The van der Waals surface area contributed by atoms with Crippen LogP contribution in [0.15, 0.2) is 6.07 Å². The average Bonchev–Trinajstić information content (AvgIpc) is 2.41. The van der Waals surface area contributed by atoms with Gasteiger partial charge in [-0.05, 0) is 44.9 Å². The normalized spacial score (nSPS) is 19.3. The van der Waals surface area contributed by atoms with Crippen LogP contribution >= 0.6 is 0 Å². The van der Waals surface area contributed by atoms with Gasteiger partial charge in [-0.25, -0.2) is 4.98 Å². The lowest BCUT2D eigenvalue weighted by Crippen LogP contribution is -2.45. The summed E-state index contributed by atoms with van der Waals surface area (Å²) in [4.78, 5) is 7.23. The molecule has 0 saturated carbocycles. The first kappa shape index (κ1) is 16.2. The van der Waals surface area contributed by atoms with E-state index in [1.165, 1.54) is 11.1 Å². The molecular weight excluding hydrogens is 262 g/mol. The third kappa shape index (κ3) is 4.17. The maximum atomic E-state index is 5.56. The minimum Gasteiger partial charge on any atom is -0.377 e. The molecule has 1 fully saturated rings. The first-order chi connectivity index (χ1) is 9.99. The number of aryl methyl sites for hydroxylation is 2. The Morgan fingerprint density at radius 1 is 1.43 bits per heavy atom. The van der Waals surface area contributed by atoms with Crippen molar-refractivity contribution in [2.75, 3.05) is 31.2 Å². The van der Waals surface area contributed by atoms with E-state index in [2.05, 4.69) is 50.9 Å². The molecule has 0 bridgehead atoms. The number of morpholine rings is 1. The van der Waals surface area contributed by atoms with Gasteiger partial charge in [-0.15, -0.1) is 0 Å². The average molecular weight is 291 g/mol. The number of nitrogens with zero attached hydrogens (tertiary/aromatic N) is 2. The zero-order valence-electron chi connectivity index (χ0n) is 14.1. The molecule has 1 unspecified atom stereocenters. The van der Waals surface area contributed by atoms with Crippen molar-refractivity contribution in [1.82, 2.24) is 10.3 Å². The Labute approximate surface area is 128 Å². The summed E-state index contributed by atoms with van der Waals surface area (Å²) in [6.45, 7) is 15.4. The fourth-order valence-electron chi connectivity index (χ4n) is 2.83. The van der Waals surface area contributed by atoms with Crippen molar-refractivity contribution in [2.24, 2.45) is 5.92 Å². The molecule has 0 spiro atoms. The van der Waals surface area contributed by atoms with Crippen LogP contribution in [0.1, 0.15) is 37.6 Å². The van der Waals surface area contributed by atoms with E-state index in [1.807, 2.05) is 0 Å². The molecule has 1 aromatic rings. The molecule has 1 aliphatic heterocycles. The van der Waals surface area contributed by atoms with Gasteiger partial charge in [0.05, 0.1) is 19.3 Å². The molecule has 2 heterocycles. The number of pyridine rings is 1. The van der Waals surface area contributed by atoms with Crippen molar-refractivity contribution < 1.29 is 4.74 Å². The summed E-state index contributed by atoms with van der Waals surface area (Å²) in [6, 6.07) is 2.57. The first-order valence-electron chi connectivity index (χ1n) is 8.01. The van der Waals surface area contributed by atoms with Gasteiger partial charge in [-0.3, -0.25) is 0 Å². The van der Waals surface area contributed by atoms with Gasteiger partial charge in [0.1, 0.15) is 5.82 Å². The van der Waals surface area contributed by atoms with Gasteiger partial charge in [0, 0.05) is 24.3 Å². The Balaban J connectivity index is 2.24. The van der Waals surface area contributed by atoms with Crippen LogP contribution in [-0.4, -0.2) is 37.3 Å². The highest BCUT2D eigenvalue weighted by Crippen LogP contribution is 2.25. The molecule has 4 heteroatoms. The smallest absolute Gasteiger partial charge is 0.134 e. The van der Waals surface area contributed by atoms with E-state index in [4.69, 9.17) is 9.72 Å². The fraction of sp³-hybridized carbons (Fsp3) is 0.706. The number of hydrogen-bond donors (Lipinski definition) is 1. The van der Waals surface area contributed by atoms with Crippen LogP contribution in [0.2, 0.25) is 0 Å². The molecule has 4 nitrogen and oxygen atoms in total. The van der Waals surface area contributed by atoms with E-state index in [9.17, 15) is 0 Å². The van der Waals surface area contributed by atoms with Crippen molar-refractivity contribution in [1.29, 1.82) is 0 Å². The molecule has 0 aliphatic carbocycles. The summed E-state index contributed by atoms with van der Waals surface area (Å²) in [7, 11) is 0. The molecule has 0 radical (unpaired) electrons. The minimum absolute atomic E-state index is 0.385. The van der Waals surface area contributed by atoms with Crippen LogP contribution in [0.25, 0.3) is 0 Å². The second-order valence-corrected chi connectivity index (χ2v) is 6.52. The van der Waals surface area contributed by atoms with Crippen molar-refractivity contribution in [3.63, 3.8) is 0 Å². The molecule has 21 heavy (non-hydrogen) atoms. The lowest BCUT2D eigenvalue weighted by Gasteiger charge is -2.36. The van der Waals surface area contributed by atoms with E-state index in [0.29, 0.717) is 12.0 Å². The van der Waals surface area contributed by atoms with Gasteiger partial charge < -0.3 is 15.0 Å². The minimum atomic E-state index is 0.385. The Morgan fingerprint density at radius 3 is 2.86 bits per heavy atom. The third-order valence-electron chi connectivity index (χ3n) is 3.95. The molecule has 1 aliphatic rings. The summed E-state index contributed by atoms with van der Waals surface area (Å²) in [5.41, 5.74) is 3.75. The lowest BCUT2D eigenvalue weighted by atomic mass is 10.1. The van der Waals surface area contributed by atoms with E-state index < -0.39 is 0 Å². The molecule has 1 saturated heterocycles. The van der Waals surface area contributed by atoms with Crippen LogP contribution < -0.4 is 10.2 Å². The van der Waals surface area contributed by atoms with Gasteiger partial charge in [0.25, 0.3) is 0 Å². The van der Waals surface area contributed by atoms with Crippen molar-refractivity contribution >= 4 is 5.82 Å². The van der Waals surface area contributed by atoms with E-state index in [0.717, 1.165) is 44.4 Å². The maximum absolute atomic E-state index is 5.56. The largest absolute Gasteiger partial charge is 0.377 e. The van der Waals surface area contributed by atoms with Gasteiger partial charge in [-0.1, -0.05) is 13.8 Å². The fourth-order valence-corrected chi connectivity index (χ4v) is 2.83. The SMILES string of the molecule is Cc1cc(C)c(CNCC(C)C)c(N2CCOCC2C)n1. The number of rotatable bonds is 5. The summed E-state index contributed by atoms with van der Waals surface area (Å²) in [5.74, 6) is 1.80. The van der Waals surface area contributed by atoms with E-state index >= 15 is 0 Å². The van der Waals surface area contributed by atoms with E-state index in [-0.39, 0.29) is 0 Å². The predicted molar refractivity (Wildman–Crippen MR) is 87.9 cm³/mol. The Hall–Kier alpha value is -1.13. The molecule has 2 rings (SSSR count). The van der Waals surface area contributed by atoms with Crippen molar-refractivity contribution in [3.05, 3.63) is 22.9 Å².